The van der Waals surface area contributed by atoms with Crippen LogP contribution in [0.3, 0.4) is 0 Å². The van der Waals surface area contributed by atoms with E-state index in [4.69, 9.17) is 4.74 Å². The highest BCUT2D eigenvalue weighted by atomic mass is 127. The zero-order chi connectivity index (χ0) is 21.4. The molecule has 0 saturated heterocycles. The van der Waals surface area contributed by atoms with E-state index in [1.807, 2.05) is 76.2 Å². The Morgan fingerprint density at radius 1 is 1.14 bits per heavy atom. The molecule has 6 heteroatoms. The fourth-order valence-corrected chi connectivity index (χ4v) is 3.43. The third kappa shape index (κ3) is 7.34. The van der Waals surface area contributed by atoms with Gasteiger partial charge in [0.05, 0.1) is 0 Å². The van der Waals surface area contributed by atoms with Crippen LogP contribution < -0.4 is 10.1 Å². The van der Waals surface area contributed by atoms with Crippen molar-refractivity contribution in [3.63, 3.8) is 0 Å². The van der Waals surface area contributed by atoms with Crippen LogP contribution in [0, 0.1) is 10.5 Å². The number of benzene rings is 2. The van der Waals surface area contributed by atoms with Crippen LogP contribution in [0.1, 0.15) is 38.3 Å². The quantitative estimate of drug-likeness (QED) is 0.514. The number of hydrogen-bond donors (Lipinski definition) is 1. The first-order chi connectivity index (χ1) is 13.8. The van der Waals surface area contributed by atoms with E-state index in [0.29, 0.717) is 18.7 Å². The van der Waals surface area contributed by atoms with Gasteiger partial charge in [0.15, 0.2) is 6.61 Å². The molecule has 0 radical (unpaired) electrons. The number of nitrogens with one attached hydrogen (secondary N) is 1. The van der Waals surface area contributed by atoms with Crippen molar-refractivity contribution in [1.29, 1.82) is 0 Å². The summed E-state index contributed by atoms with van der Waals surface area (Å²) >= 11 is 2.22. The fourth-order valence-electron chi connectivity index (χ4n) is 3.07. The summed E-state index contributed by atoms with van der Waals surface area (Å²) in [6.45, 7) is 8.01. The van der Waals surface area contributed by atoms with Crippen molar-refractivity contribution in [2.75, 3.05) is 6.61 Å². The monoisotopic (exact) mass is 508 g/mol. The molecule has 0 saturated carbocycles. The van der Waals surface area contributed by atoms with Gasteiger partial charge in [0, 0.05) is 16.2 Å². The van der Waals surface area contributed by atoms with Crippen molar-refractivity contribution >= 4 is 34.4 Å². The highest BCUT2D eigenvalue weighted by molar-refractivity contribution is 14.1. The standard InChI is InChI=1S/C23H29IN2O3/c1-5-21(23(28)25-16(2)3)26(14-18-8-6-7-17(4)13-18)22(27)15-29-20-11-9-19(24)10-12-20/h6-13,16,21H,5,14-15H2,1-4H3,(H,25,28)/t21-/m1/s1. The average Bonchev–Trinajstić information content (AvgIpc) is 2.66. The molecule has 2 rings (SSSR count). The second-order valence-electron chi connectivity index (χ2n) is 7.34. The molecule has 1 atom stereocenters. The largest absolute Gasteiger partial charge is 0.484 e. The molecule has 0 aliphatic rings. The second kappa shape index (κ2) is 11.2. The van der Waals surface area contributed by atoms with Gasteiger partial charge in [-0.2, -0.15) is 0 Å². The molecule has 0 aliphatic heterocycles. The molecule has 0 fully saturated rings. The van der Waals surface area contributed by atoms with Crippen LogP contribution in [0.15, 0.2) is 48.5 Å². The Hall–Kier alpha value is -2.09. The molecule has 0 aliphatic carbocycles. The van der Waals surface area contributed by atoms with E-state index in [1.54, 1.807) is 4.90 Å². The lowest BCUT2D eigenvalue weighted by Gasteiger charge is -2.31. The Morgan fingerprint density at radius 3 is 2.41 bits per heavy atom. The number of nitrogens with zero attached hydrogens (tertiary/aromatic N) is 1. The summed E-state index contributed by atoms with van der Waals surface area (Å²) in [5, 5.41) is 2.93. The third-order valence-corrected chi connectivity index (χ3v) is 5.15. The predicted molar refractivity (Wildman–Crippen MR) is 124 cm³/mol. The van der Waals surface area contributed by atoms with Gasteiger partial charge >= 0.3 is 0 Å². The van der Waals surface area contributed by atoms with Crippen LogP contribution >= 0.6 is 22.6 Å². The van der Waals surface area contributed by atoms with Crippen LogP contribution in [0.5, 0.6) is 5.75 Å². The molecule has 2 amide bonds. The lowest BCUT2D eigenvalue weighted by Crippen LogP contribution is -2.51. The molecule has 156 valence electrons. The molecule has 0 spiro atoms. The number of rotatable bonds is 9. The third-order valence-electron chi connectivity index (χ3n) is 4.43. The molecule has 1 N–H and O–H groups in total. The number of halogens is 1. The zero-order valence-electron chi connectivity index (χ0n) is 17.4. The van der Waals surface area contributed by atoms with Crippen molar-refractivity contribution in [3.05, 3.63) is 63.2 Å². The van der Waals surface area contributed by atoms with Gasteiger partial charge in [-0.25, -0.2) is 0 Å². The first-order valence-electron chi connectivity index (χ1n) is 9.84. The van der Waals surface area contributed by atoms with E-state index in [0.717, 1.165) is 14.7 Å². The summed E-state index contributed by atoms with van der Waals surface area (Å²) in [5.41, 5.74) is 2.10. The maximum atomic E-state index is 13.1. The lowest BCUT2D eigenvalue weighted by atomic mass is 10.1. The molecule has 2 aromatic rings. The number of amides is 2. The van der Waals surface area contributed by atoms with E-state index >= 15 is 0 Å². The highest BCUT2D eigenvalue weighted by Crippen LogP contribution is 2.16. The van der Waals surface area contributed by atoms with Gasteiger partial charge in [0.2, 0.25) is 5.91 Å². The normalized spacial score (nSPS) is 11.8. The Bertz CT molecular complexity index is 821. The topological polar surface area (TPSA) is 58.6 Å². The molecular weight excluding hydrogens is 479 g/mol. The minimum absolute atomic E-state index is 0.00973. The maximum absolute atomic E-state index is 13.1. The Kier molecular flexibility index (Phi) is 8.95. The molecule has 0 heterocycles. The van der Waals surface area contributed by atoms with Gasteiger partial charge in [-0.15, -0.1) is 0 Å². The van der Waals surface area contributed by atoms with Crippen molar-refractivity contribution < 1.29 is 14.3 Å². The minimum atomic E-state index is -0.550. The summed E-state index contributed by atoms with van der Waals surface area (Å²) in [6, 6.07) is 15.0. The molecule has 0 unspecified atom stereocenters. The predicted octanol–water partition coefficient (Wildman–Crippen LogP) is 4.31. The Balaban J connectivity index is 2.20. The van der Waals surface area contributed by atoms with E-state index in [2.05, 4.69) is 27.9 Å². The molecular formula is C23H29IN2O3. The lowest BCUT2D eigenvalue weighted by molar-refractivity contribution is -0.143. The first kappa shape index (κ1) is 23.2. The summed E-state index contributed by atoms with van der Waals surface area (Å²) < 4.78 is 6.79. The van der Waals surface area contributed by atoms with Gasteiger partial charge in [0.1, 0.15) is 11.8 Å². The number of hydrogen-bond acceptors (Lipinski definition) is 3. The van der Waals surface area contributed by atoms with Gasteiger partial charge in [-0.1, -0.05) is 36.8 Å². The van der Waals surface area contributed by atoms with Crippen LogP contribution in [0.4, 0.5) is 0 Å². The Labute approximate surface area is 187 Å². The van der Waals surface area contributed by atoms with Crippen molar-refractivity contribution in [2.45, 2.75) is 52.7 Å². The van der Waals surface area contributed by atoms with Gasteiger partial charge in [-0.05, 0) is 79.6 Å². The van der Waals surface area contributed by atoms with Gasteiger partial charge in [-0.3, -0.25) is 9.59 Å². The highest BCUT2D eigenvalue weighted by Gasteiger charge is 2.29. The van der Waals surface area contributed by atoms with E-state index < -0.39 is 6.04 Å². The zero-order valence-corrected chi connectivity index (χ0v) is 19.6. The number of aryl methyl sites for hydroxylation is 1. The van der Waals surface area contributed by atoms with Gasteiger partial charge in [0.25, 0.3) is 5.91 Å². The molecule has 5 nitrogen and oxygen atoms in total. The number of carbonyl (C=O) groups is 2. The summed E-state index contributed by atoms with van der Waals surface area (Å²) in [5.74, 6) is 0.280. The van der Waals surface area contributed by atoms with E-state index in [1.165, 1.54) is 0 Å². The van der Waals surface area contributed by atoms with Crippen molar-refractivity contribution in [1.82, 2.24) is 10.2 Å². The fraction of sp³-hybridized carbons (Fsp3) is 0.391. The van der Waals surface area contributed by atoms with Crippen LogP contribution in [-0.4, -0.2) is 35.4 Å². The van der Waals surface area contributed by atoms with E-state index in [9.17, 15) is 9.59 Å². The molecule has 2 aromatic carbocycles. The summed E-state index contributed by atoms with van der Waals surface area (Å²) in [4.78, 5) is 27.5. The van der Waals surface area contributed by atoms with Crippen LogP contribution in [-0.2, 0) is 16.1 Å². The van der Waals surface area contributed by atoms with Crippen molar-refractivity contribution in [3.8, 4) is 5.75 Å². The van der Waals surface area contributed by atoms with Crippen molar-refractivity contribution in [2.24, 2.45) is 0 Å². The van der Waals surface area contributed by atoms with Crippen LogP contribution in [0.2, 0.25) is 0 Å². The minimum Gasteiger partial charge on any atom is -0.484 e. The smallest absolute Gasteiger partial charge is 0.261 e. The number of carbonyl (C=O) groups excluding carboxylic acids is 2. The molecule has 29 heavy (non-hydrogen) atoms. The average molecular weight is 508 g/mol. The molecule has 0 aromatic heterocycles. The molecule has 0 bridgehead atoms. The second-order valence-corrected chi connectivity index (χ2v) is 8.59. The van der Waals surface area contributed by atoms with Gasteiger partial charge < -0.3 is 15.0 Å². The first-order valence-corrected chi connectivity index (χ1v) is 10.9. The summed E-state index contributed by atoms with van der Waals surface area (Å²) in [7, 11) is 0. The Morgan fingerprint density at radius 2 is 1.83 bits per heavy atom. The summed E-state index contributed by atoms with van der Waals surface area (Å²) in [6.07, 6.45) is 0.527. The van der Waals surface area contributed by atoms with E-state index in [-0.39, 0.29) is 24.5 Å². The van der Waals surface area contributed by atoms with Crippen LogP contribution in [0.25, 0.3) is 0 Å². The SMILES string of the molecule is CC[C@H](C(=O)NC(C)C)N(Cc1cccc(C)c1)C(=O)COc1ccc(I)cc1. The number of ether oxygens (including phenoxy) is 1. The maximum Gasteiger partial charge on any atom is 0.261 e.